The fourth-order valence-corrected chi connectivity index (χ4v) is 6.73. The van der Waals surface area contributed by atoms with Crippen LogP contribution in [0, 0.1) is 23.2 Å². The summed E-state index contributed by atoms with van der Waals surface area (Å²) in [7, 11) is 2.16. The molecule has 5 heteroatoms. The third-order valence-corrected chi connectivity index (χ3v) is 7.12. The second-order valence-corrected chi connectivity index (χ2v) is 9.50. The number of carbonyl (C=O) groups is 2. The van der Waals surface area contributed by atoms with Crippen molar-refractivity contribution in [1.82, 2.24) is 10.2 Å². The molecule has 0 aromatic rings. The summed E-state index contributed by atoms with van der Waals surface area (Å²) in [5.74, 6) is 1.70. The molecule has 1 saturated heterocycles. The Morgan fingerprint density at radius 3 is 2.56 bits per heavy atom. The smallest absolute Gasteiger partial charge is 0.303 e. The van der Waals surface area contributed by atoms with Crippen molar-refractivity contribution in [3.05, 3.63) is 0 Å². The maximum Gasteiger partial charge on any atom is 0.303 e. The molecule has 5 rings (SSSR count). The minimum Gasteiger partial charge on any atom is -0.459 e. The van der Waals surface area contributed by atoms with Crippen molar-refractivity contribution in [2.24, 2.45) is 23.2 Å². The van der Waals surface area contributed by atoms with Crippen LogP contribution in [0.1, 0.15) is 58.3 Å². The lowest BCUT2D eigenvalue weighted by molar-refractivity contribution is -0.202. The SMILES string of the molecule is CC(=O)OC12C[C@H]3C[C@@H](C1)CC(C(=O)NC[C@@H]1CCCN(C)C1)(C3)C2. The average Bonchev–Trinajstić information content (AvgIpc) is 2.50. The quantitative estimate of drug-likeness (QED) is 0.793. The number of hydrogen-bond acceptors (Lipinski definition) is 4. The number of carbonyl (C=O) groups excluding carboxylic acids is 2. The lowest BCUT2D eigenvalue weighted by Gasteiger charge is -2.60. The van der Waals surface area contributed by atoms with Gasteiger partial charge in [0, 0.05) is 26.4 Å². The van der Waals surface area contributed by atoms with E-state index in [1.54, 1.807) is 0 Å². The van der Waals surface area contributed by atoms with E-state index in [1.165, 1.54) is 32.7 Å². The molecule has 0 aromatic carbocycles. The maximum absolute atomic E-state index is 13.2. The third-order valence-electron chi connectivity index (χ3n) is 7.12. The normalized spacial score (nSPS) is 43.0. The number of amides is 1. The molecule has 4 bridgehead atoms. The van der Waals surface area contributed by atoms with Gasteiger partial charge in [0.05, 0.1) is 5.41 Å². The fourth-order valence-electron chi connectivity index (χ4n) is 6.73. The van der Waals surface area contributed by atoms with Gasteiger partial charge in [-0.05, 0) is 76.3 Å². The maximum atomic E-state index is 13.2. The first-order valence-electron chi connectivity index (χ1n) is 10.0. The molecule has 140 valence electrons. The van der Waals surface area contributed by atoms with Crippen LogP contribution in [0.25, 0.3) is 0 Å². The lowest BCUT2D eigenvalue weighted by Crippen LogP contribution is -2.61. The monoisotopic (exact) mass is 348 g/mol. The molecule has 5 nitrogen and oxygen atoms in total. The minimum absolute atomic E-state index is 0.192. The van der Waals surface area contributed by atoms with E-state index in [0.29, 0.717) is 17.8 Å². The van der Waals surface area contributed by atoms with Gasteiger partial charge in [-0.1, -0.05) is 0 Å². The molecule has 1 aliphatic heterocycles. The van der Waals surface area contributed by atoms with E-state index in [9.17, 15) is 9.59 Å². The highest BCUT2D eigenvalue weighted by Crippen LogP contribution is 2.62. The summed E-state index contributed by atoms with van der Waals surface area (Å²) in [5.41, 5.74) is -0.654. The molecule has 1 heterocycles. The van der Waals surface area contributed by atoms with Crippen LogP contribution in [0.2, 0.25) is 0 Å². The van der Waals surface area contributed by atoms with Crippen molar-refractivity contribution >= 4 is 11.9 Å². The van der Waals surface area contributed by atoms with Gasteiger partial charge in [0.25, 0.3) is 0 Å². The van der Waals surface area contributed by atoms with Crippen LogP contribution in [-0.2, 0) is 14.3 Å². The molecule has 25 heavy (non-hydrogen) atoms. The number of rotatable bonds is 4. The Morgan fingerprint density at radius 1 is 1.20 bits per heavy atom. The van der Waals surface area contributed by atoms with E-state index in [2.05, 4.69) is 17.3 Å². The Morgan fingerprint density at radius 2 is 1.92 bits per heavy atom. The van der Waals surface area contributed by atoms with Crippen LogP contribution < -0.4 is 5.32 Å². The molecule has 5 aliphatic rings. The van der Waals surface area contributed by atoms with Gasteiger partial charge in [-0.3, -0.25) is 9.59 Å². The Bertz CT molecular complexity index is 547. The Kier molecular flexibility index (Phi) is 4.33. The second kappa shape index (κ2) is 6.26. The molecule has 5 fully saturated rings. The Balaban J connectivity index is 1.43. The first-order valence-corrected chi connectivity index (χ1v) is 10.0. The molecule has 1 amide bonds. The van der Waals surface area contributed by atoms with Crippen molar-refractivity contribution in [2.45, 2.75) is 63.9 Å². The highest BCUT2D eigenvalue weighted by Gasteiger charge is 2.62. The van der Waals surface area contributed by atoms with E-state index < -0.39 is 0 Å². The second-order valence-electron chi connectivity index (χ2n) is 9.50. The van der Waals surface area contributed by atoms with E-state index in [-0.39, 0.29) is 22.9 Å². The average molecular weight is 348 g/mol. The minimum atomic E-state index is -0.363. The molecule has 1 N–H and O–H groups in total. The third kappa shape index (κ3) is 3.32. The summed E-state index contributed by atoms with van der Waals surface area (Å²) in [4.78, 5) is 27.2. The summed E-state index contributed by atoms with van der Waals surface area (Å²) in [5, 5.41) is 3.29. The highest BCUT2D eigenvalue weighted by atomic mass is 16.6. The van der Waals surface area contributed by atoms with E-state index in [1.807, 2.05) is 0 Å². The molecule has 2 unspecified atom stereocenters. The fraction of sp³-hybridized carbons (Fsp3) is 0.900. The van der Waals surface area contributed by atoms with Gasteiger partial charge in [0.1, 0.15) is 5.60 Å². The van der Waals surface area contributed by atoms with Gasteiger partial charge in [0.15, 0.2) is 0 Å². The van der Waals surface area contributed by atoms with Crippen molar-refractivity contribution in [1.29, 1.82) is 0 Å². The van der Waals surface area contributed by atoms with Crippen LogP contribution in [0.3, 0.4) is 0 Å². The van der Waals surface area contributed by atoms with Crippen molar-refractivity contribution in [3.63, 3.8) is 0 Å². The van der Waals surface area contributed by atoms with Gasteiger partial charge < -0.3 is 15.0 Å². The lowest BCUT2D eigenvalue weighted by atomic mass is 9.47. The van der Waals surface area contributed by atoms with Crippen LogP contribution in [0.4, 0.5) is 0 Å². The van der Waals surface area contributed by atoms with E-state index in [4.69, 9.17) is 4.74 Å². The van der Waals surface area contributed by atoms with Crippen molar-refractivity contribution in [2.75, 3.05) is 26.7 Å². The van der Waals surface area contributed by atoms with E-state index in [0.717, 1.165) is 45.2 Å². The van der Waals surface area contributed by atoms with Gasteiger partial charge in [-0.25, -0.2) is 0 Å². The highest BCUT2D eigenvalue weighted by molar-refractivity contribution is 5.83. The number of piperidine rings is 1. The van der Waals surface area contributed by atoms with Crippen LogP contribution in [0.15, 0.2) is 0 Å². The van der Waals surface area contributed by atoms with Gasteiger partial charge >= 0.3 is 5.97 Å². The first-order chi connectivity index (χ1) is 11.9. The predicted octanol–water partition coefficient (Wildman–Crippen LogP) is 2.35. The Hall–Kier alpha value is -1.10. The van der Waals surface area contributed by atoms with Crippen LogP contribution in [0.5, 0.6) is 0 Å². The van der Waals surface area contributed by atoms with Crippen molar-refractivity contribution in [3.8, 4) is 0 Å². The molecule has 0 spiro atoms. The van der Waals surface area contributed by atoms with Crippen LogP contribution in [-0.4, -0.2) is 49.1 Å². The number of ether oxygens (including phenoxy) is 1. The topological polar surface area (TPSA) is 58.6 Å². The summed E-state index contributed by atoms with van der Waals surface area (Å²) >= 11 is 0. The van der Waals surface area contributed by atoms with Gasteiger partial charge in [0.2, 0.25) is 5.91 Å². The molecule has 4 aliphatic carbocycles. The predicted molar refractivity (Wildman–Crippen MR) is 94.8 cm³/mol. The Labute approximate surface area is 150 Å². The number of nitrogens with one attached hydrogen (secondary N) is 1. The summed E-state index contributed by atoms with van der Waals surface area (Å²) < 4.78 is 5.81. The van der Waals surface area contributed by atoms with Crippen molar-refractivity contribution < 1.29 is 14.3 Å². The van der Waals surface area contributed by atoms with E-state index >= 15 is 0 Å². The largest absolute Gasteiger partial charge is 0.459 e. The molecular weight excluding hydrogens is 316 g/mol. The number of esters is 1. The summed E-state index contributed by atoms with van der Waals surface area (Å²) in [6.07, 6.45) is 8.29. The summed E-state index contributed by atoms with van der Waals surface area (Å²) in [6, 6.07) is 0. The molecule has 4 saturated carbocycles. The number of likely N-dealkylation sites (tertiary alicyclic amines) is 1. The number of nitrogens with zero attached hydrogens (tertiary/aromatic N) is 1. The summed E-state index contributed by atoms with van der Waals surface area (Å²) in [6.45, 7) is 4.55. The molecular formula is C20H32N2O3. The zero-order chi connectivity index (χ0) is 17.7. The number of hydrogen-bond donors (Lipinski definition) is 1. The first kappa shape index (κ1) is 17.3. The molecule has 5 atom stereocenters. The van der Waals surface area contributed by atoms with Gasteiger partial charge in [-0.2, -0.15) is 0 Å². The zero-order valence-corrected chi connectivity index (χ0v) is 15.7. The van der Waals surface area contributed by atoms with Gasteiger partial charge in [-0.15, -0.1) is 0 Å². The molecule has 0 radical (unpaired) electrons. The van der Waals surface area contributed by atoms with Crippen LogP contribution >= 0.6 is 0 Å². The standard InChI is InChI=1S/C20H32N2O3/c1-14(23)25-20-9-16-6-17(10-20)8-19(7-16,13-20)18(24)21-11-15-4-3-5-22(2)12-15/h15-17H,3-13H2,1-2H3,(H,21,24)/t15-,16-,17+,19?,20?/m0/s1. The molecule has 0 aromatic heterocycles. The zero-order valence-electron chi connectivity index (χ0n) is 15.7.